The van der Waals surface area contributed by atoms with Crippen LogP contribution in [0.1, 0.15) is 6.42 Å². The Bertz CT molecular complexity index is 48.7. The first-order valence-corrected chi connectivity index (χ1v) is 2.08. The molecule has 1 heterocycles. The van der Waals surface area contributed by atoms with Gasteiger partial charge in [-0.3, -0.25) is 0 Å². The van der Waals surface area contributed by atoms with E-state index in [0.29, 0.717) is 0 Å². The SMILES string of the molecule is C1OC2CC12. The van der Waals surface area contributed by atoms with Gasteiger partial charge in [0, 0.05) is 5.92 Å². The molecule has 0 aromatic carbocycles. The Kier molecular flexibility index (Phi) is 0.189. The molecular weight excluding hydrogens is 64.0 g/mol. The lowest BCUT2D eigenvalue weighted by molar-refractivity contribution is 0.0231. The summed E-state index contributed by atoms with van der Waals surface area (Å²) in [6, 6.07) is 0. The zero-order valence-corrected chi connectivity index (χ0v) is 2.98. The predicted octanol–water partition coefficient (Wildman–Crippen LogP) is 0.405. The maximum Gasteiger partial charge on any atom is 0.0630 e. The van der Waals surface area contributed by atoms with Crippen LogP contribution in [0.25, 0.3) is 0 Å². The second kappa shape index (κ2) is 0.432. The third-order valence-corrected chi connectivity index (χ3v) is 1.38. The molecule has 0 radical (unpaired) electrons. The van der Waals surface area contributed by atoms with E-state index in [9.17, 15) is 0 Å². The van der Waals surface area contributed by atoms with Gasteiger partial charge in [-0.1, -0.05) is 0 Å². The summed E-state index contributed by atoms with van der Waals surface area (Å²) in [6.07, 6.45) is 2.09. The summed E-state index contributed by atoms with van der Waals surface area (Å²) < 4.78 is 5.00. The van der Waals surface area contributed by atoms with Crippen molar-refractivity contribution in [1.82, 2.24) is 0 Å². The van der Waals surface area contributed by atoms with Gasteiger partial charge in [-0.2, -0.15) is 0 Å². The number of hydrogen-bond donors (Lipinski definition) is 0. The van der Waals surface area contributed by atoms with Crippen LogP contribution in [0.15, 0.2) is 0 Å². The molecule has 5 heavy (non-hydrogen) atoms. The third-order valence-electron chi connectivity index (χ3n) is 1.38. The van der Waals surface area contributed by atoms with Crippen LogP contribution in [0, 0.1) is 5.92 Å². The van der Waals surface area contributed by atoms with Crippen molar-refractivity contribution in [3.63, 3.8) is 0 Å². The molecule has 1 saturated heterocycles. The molecule has 0 amide bonds. The van der Waals surface area contributed by atoms with Gasteiger partial charge in [0.2, 0.25) is 0 Å². The molecule has 2 aliphatic rings. The maximum absolute atomic E-state index is 5.00. The van der Waals surface area contributed by atoms with Gasteiger partial charge in [0.05, 0.1) is 12.7 Å². The topological polar surface area (TPSA) is 9.23 Å². The van der Waals surface area contributed by atoms with Crippen molar-refractivity contribution in [2.24, 2.45) is 5.92 Å². The van der Waals surface area contributed by atoms with Gasteiger partial charge in [-0.05, 0) is 6.42 Å². The zero-order valence-electron chi connectivity index (χ0n) is 2.98. The van der Waals surface area contributed by atoms with E-state index < -0.39 is 0 Å². The second-order valence-electron chi connectivity index (χ2n) is 1.87. The van der Waals surface area contributed by atoms with Gasteiger partial charge >= 0.3 is 0 Å². The van der Waals surface area contributed by atoms with Gasteiger partial charge in [0.25, 0.3) is 0 Å². The van der Waals surface area contributed by atoms with Crippen LogP contribution in [-0.2, 0) is 4.74 Å². The summed E-state index contributed by atoms with van der Waals surface area (Å²) in [5.41, 5.74) is 0. The average molecular weight is 70.1 g/mol. The Morgan fingerprint density at radius 1 is 1.60 bits per heavy atom. The van der Waals surface area contributed by atoms with E-state index in [0.717, 1.165) is 18.6 Å². The van der Waals surface area contributed by atoms with Crippen LogP contribution in [0.4, 0.5) is 0 Å². The third kappa shape index (κ3) is 0.127. The fraction of sp³-hybridized carbons (Fsp3) is 1.00. The number of hydrogen-bond acceptors (Lipinski definition) is 1. The average Bonchev–Trinajstić information content (AvgIpc) is 1.74. The lowest BCUT2D eigenvalue weighted by Crippen LogP contribution is -2.12. The molecular formula is C4H6O. The molecule has 1 heteroatoms. The van der Waals surface area contributed by atoms with E-state index in [1.54, 1.807) is 0 Å². The highest BCUT2D eigenvalue weighted by Gasteiger charge is 2.46. The largest absolute Gasteiger partial charge is 0.377 e. The fourth-order valence-corrected chi connectivity index (χ4v) is 0.724. The molecule has 2 rings (SSSR count). The van der Waals surface area contributed by atoms with Crippen LogP contribution in [0.5, 0.6) is 0 Å². The highest BCUT2D eigenvalue weighted by atomic mass is 16.5. The van der Waals surface area contributed by atoms with Gasteiger partial charge < -0.3 is 4.74 Å². The first-order chi connectivity index (χ1) is 2.47. The van der Waals surface area contributed by atoms with Crippen molar-refractivity contribution in [3.05, 3.63) is 0 Å². The van der Waals surface area contributed by atoms with Crippen LogP contribution < -0.4 is 0 Å². The van der Waals surface area contributed by atoms with Crippen molar-refractivity contribution < 1.29 is 4.74 Å². The highest BCUT2D eigenvalue weighted by Crippen LogP contribution is 2.42. The first-order valence-electron chi connectivity index (χ1n) is 2.08. The fourth-order valence-electron chi connectivity index (χ4n) is 0.724. The molecule has 0 aromatic heterocycles. The van der Waals surface area contributed by atoms with Crippen LogP contribution in [0.2, 0.25) is 0 Å². The summed E-state index contributed by atoms with van der Waals surface area (Å²) in [6.45, 7) is 1.06. The minimum absolute atomic E-state index is 0.731. The van der Waals surface area contributed by atoms with Crippen LogP contribution in [0.3, 0.4) is 0 Å². The Balaban J connectivity index is 2.19. The molecule has 1 aliphatic heterocycles. The summed E-state index contributed by atoms with van der Waals surface area (Å²) >= 11 is 0. The summed E-state index contributed by atoms with van der Waals surface area (Å²) in [5, 5.41) is 0. The molecule has 0 N–H and O–H groups in total. The van der Waals surface area contributed by atoms with Crippen molar-refractivity contribution in [2.45, 2.75) is 12.5 Å². The lowest BCUT2D eigenvalue weighted by Gasteiger charge is -2.08. The zero-order chi connectivity index (χ0) is 3.28. The smallest absolute Gasteiger partial charge is 0.0630 e. The molecule has 0 aromatic rings. The van der Waals surface area contributed by atoms with Crippen molar-refractivity contribution in [3.8, 4) is 0 Å². The van der Waals surface area contributed by atoms with Crippen LogP contribution in [-0.4, -0.2) is 12.7 Å². The molecule has 2 atom stereocenters. The van der Waals surface area contributed by atoms with Crippen LogP contribution >= 0.6 is 0 Å². The Morgan fingerprint density at radius 3 is 2.40 bits per heavy atom. The normalized spacial score (nSPS) is 57.6. The van der Waals surface area contributed by atoms with E-state index in [1.165, 1.54) is 6.42 Å². The van der Waals surface area contributed by atoms with Gasteiger partial charge in [0.1, 0.15) is 0 Å². The monoisotopic (exact) mass is 70.0 g/mol. The second-order valence-corrected chi connectivity index (χ2v) is 1.87. The maximum atomic E-state index is 5.00. The minimum atomic E-state index is 0.731. The molecule has 1 nitrogen and oxygen atoms in total. The van der Waals surface area contributed by atoms with Crippen molar-refractivity contribution in [1.29, 1.82) is 0 Å². The molecule has 28 valence electrons. The standard InChI is InChI=1S/C4H6O/c1-3-2-5-4(1)3/h3-4H,1-2H2. The highest BCUT2D eigenvalue weighted by molar-refractivity contribution is 4.94. The van der Waals surface area contributed by atoms with E-state index >= 15 is 0 Å². The lowest BCUT2D eigenvalue weighted by atomic mass is 10.4. The van der Waals surface area contributed by atoms with Gasteiger partial charge in [-0.15, -0.1) is 0 Å². The van der Waals surface area contributed by atoms with Gasteiger partial charge in [0.15, 0.2) is 0 Å². The molecule has 1 saturated carbocycles. The Hall–Kier alpha value is -0.0400. The van der Waals surface area contributed by atoms with Gasteiger partial charge in [-0.25, -0.2) is 0 Å². The van der Waals surface area contributed by atoms with Crippen molar-refractivity contribution >= 4 is 0 Å². The van der Waals surface area contributed by atoms with E-state index in [2.05, 4.69) is 0 Å². The molecule has 2 unspecified atom stereocenters. The summed E-state index contributed by atoms with van der Waals surface area (Å²) in [7, 11) is 0. The summed E-state index contributed by atoms with van der Waals surface area (Å²) in [5.74, 6) is 1.01. The predicted molar refractivity (Wildman–Crippen MR) is 17.8 cm³/mol. The summed E-state index contributed by atoms with van der Waals surface area (Å²) in [4.78, 5) is 0. The molecule has 0 bridgehead atoms. The first kappa shape index (κ1) is 2.19. The molecule has 1 aliphatic carbocycles. The quantitative estimate of drug-likeness (QED) is 0.401. The van der Waals surface area contributed by atoms with Crippen molar-refractivity contribution in [2.75, 3.05) is 6.61 Å². The Labute approximate surface area is 30.9 Å². The molecule has 2 fully saturated rings. The Morgan fingerprint density at radius 2 is 2.40 bits per heavy atom. The number of fused-ring (bicyclic) bond motifs is 1. The van der Waals surface area contributed by atoms with E-state index in [-0.39, 0.29) is 0 Å². The van der Waals surface area contributed by atoms with E-state index in [1.807, 2.05) is 0 Å². The minimum Gasteiger partial charge on any atom is -0.377 e. The van der Waals surface area contributed by atoms with E-state index in [4.69, 9.17) is 4.74 Å². The number of rotatable bonds is 0. The molecule has 0 spiro atoms. The number of ether oxygens (including phenoxy) is 1.